The van der Waals surface area contributed by atoms with Crippen molar-refractivity contribution in [3.05, 3.63) is 90.0 Å². The second-order valence-electron chi connectivity index (χ2n) is 6.08. The van der Waals surface area contributed by atoms with Crippen molar-refractivity contribution in [3.8, 4) is 5.75 Å². The van der Waals surface area contributed by atoms with Crippen LogP contribution in [0.25, 0.3) is 0 Å². The minimum Gasteiger partial charge on any atom is -0.487 e. The Morgan fingerprint density at radius 3 is 2.21 bits per heavy atom. The van der Waals surface area contributed by atoms with Gasteiger partial charge in [-0.05, 0) is 29.8 Å². The van der Waals surface area contributed by atoms with Crippen LogP contribution >= 0.6 is 0 Å². The van der Waals surface area contributed by atoms with Gasteiger partial charge in [0.2, 0.25) is 5.91 Å². The van der Waals surface area contributed by atoms with E-state index in [2.05, 4.69) is 10.6 Å². The molecule has 0 saturated heterocycles. The average molecular weight is 375 g/mol. The molecular weight excluding hydrogens is 354 g/mol. The molecule has 0 aliphatic carbocycles. The molecular formula is C22H21N3O3. The minimum absolute atomic E-state index is 0.0166. The molecule has 2 amide bonds. The van der Waals surface area contributed by atoms with Gasteiger partial charge in [-0.15, -0.1) is 0 Å². The molecule has 0 fully saturated rings. The number of hydrogen-bond donors (Lipinski definition) is 3. The fourth-order valence-electron chi connectivity index (χ4n) is 2.65. The van der Waals surface area contributed by atoms with E-state index >= 15 is 0 Å². The van der Waals surface area contributed by atoms with Gasteiger partial charge in [0.1, 0.15) is 12.4 Å². The normalized spacial score (nSPS) is 10.1. The molecule has 0 saturated carbocycles. The van der Waals surface area contributed by atoms with Crippen LogP contribution in [0.4, 0.5) is 11.4 Å². The molecule has 0 aliphatic heterocycles. The number of primary amides is 1. The molecule has 0 aliphatic rings. The topological polar surface area (TPSA) is 93.5 Å². The van der Waals surface area contributed by atoms with Gasteiger partial charge in [-0.2, -0.15) is 0 Å². The molecule has 0 spiro atoms. The lowest BCUT2D eigenvalue weighted by atomic mass is 10.1. The number of carbonyl (C=O) groups is 2. The summed E-state index contributed by atoms with van der Waals surface area (Å²) in [5.74, 6) is -0.240. The second kappa shape index (κ2) is 9.23. The van der Waals surface area contributed by atoms with Gasteiger partial charge >= 0.3 is 0 Å². The third-order valence-electron chi connectivity index (χ3n) is 4.03. The van der Waals surface area contributed by atoms with Crippen molar-refractivity contribution in [3.63, 3.8) is 0 Å². The molecule has 0 heterocycles. The Morgan fingerprint density at radius 1 is 0.821 bits per heavy atom. The predicted octanol–water partition coefficient (Wildman–Crippen LogP) is 3.42. The van der Waals surface area contributed by atoms with Crippen LogP contribution in [0, 0.1) is 0 Å². The third-order valence-corrected chi connectivity index (χ3v) is 4.03. The van der Waals surface area contributed by atoms with Gasteiger partial charge in [-0.25, -0.2) is 0 Å². The highest BCUT2D eigenvalue weighted by Gasteiger charge is 2.10. The Kier molecular flexibility index (Phi) is 6.25. The van der Waals surface area contributed by atoms with Crippen LogP contribution in [0.5, 0.6) is 5.75 Å². The summed E-state index contributed by atoms with van der Waals surface area (Å²) in [6.45, 7) is 0.384. The number of carbonyl (C=O) groups excluding carboxylic acids is 2. The SMILES string of the molecule is NC(=O)c1ccccc1NCC(=O)Nc1ccccc1OCc1ccccc1. The molecule has 0 unspecified atom stereocenters. The molecule has 142 valence electrons. The van der Waals surface area contributed by atoms with Crippen LogP contribution in [-0.2, 0) is 11.4 Å². The molecule has 0 atom stereocenters. The molecule has 6 heteroatoms. The largest absolute Gasteiger partial charge is 0.487 e. The fourth-order valence-corrected chi connectivity index (χ4v) is 2.65. The van der Waals surface area contributed by atoms with E-state index in [4.69, 9.17) is 10.5 Å². The van der Waals surface area contributed by atoms with E-state index in [1.165, 1.54) is 0 Å². The minimum atomic E-state index is -0.553. The number of nitrogens with one attached hydrogen (secondary N) is 2. The summed E-state index contributed by atoms with van der Waals surface area (Å²) in [7, 11) is 0. The van der Waals surface area contributed by atoms with Gasteiger partial charge in [-0.1, -0.05) is 54.6 Å². The molecule has 0 aromatic heterocycles. The summed E-state index contributed by atoms with van der Waals surface area (Å²) >= 11 is 0. The highest BCUT2D eigenvalue weighted by atomic mass is 16.5. The highest BCUT2D eigenvalue weighted by molar-refractivity contribution is 6.00. The summed E-state index contributed by atoms with van der Waals surface area (Å²) < 4.78 is 5.84. The first-order chi connectivity index (χ1) is 13.6. The molecule has 0 radical (unpaired) electrons. The van der Waals surface area contributed by atoms with Crippen LogP contribution in [0.2, 0.25) is 0 Å². The maximum Gasteiger partial charge on any atom is 0.250 e. The van der Waals surface area contributed by atoms with Crippen molar-refractivity contribution in [1.29, 1.82) is 0 Å². The lowest BCUT2D eigenvalue weighted by molar-refractivity contribution is -0.114. The van der Waals surface area contributed by atoms with E-state index in [0.717, 1.165) is 5.56 Å². The molecule has 28 heavy (non-hydrogen) atoms. The lowest BCUT2D eigenvalue weighted by Crippen LogP contribution is -2.23. The van der Waals surface area contributed by atoms with Crippen molar-refractivity contribution >= 4 is 23.2 Å². The average Bonchev–Trinajstić information content (AvgIpc) is 2.72. The van der Waals surface area contributed by atoms with Gasteiger partial charge in [0, 0.05) is 5.69 Å². The standard InChI is InChI=1S/C22H21N3O3/c23-22(27)17-10-4-5-11-18(17)24-14-21(26)25-19-12-6-7-13-20(19)28-15-16-8-2-1-3-9-16/h1-13,24H,14-15H2,(H2,23,27)(H,25,26). The van der Waals surface area contributed by atoms with Gasteiger partial charge in [0.25, 0.3) is 5.91 Å². The summed E-state index contributed by atoms with van der Waals surface area (Å²) in [5.41, 5.74) is 7.81. The van der Waals surface area contributed by atoms with Gasteiger partial charge < -0.3 is 21.1 Å². The van der Waals surface area contributed by atoms with E-state index in [0.29, 0.717) is 29.3 Å². The number of ether oxygens (including phenoxy) is 1. The monoisotopic (exact) mass is 375 g/mol. The van der Waals surface area contributed by atoms with E-state index in [9.17, 15) is 9.59 Å². The smallest absolute Gasteiger partial charge is 0.250 e. The van der Waals surface area contributed by atoms with Crippen molar-refractivity contribution in [1.82, 2.24) is 0 Å². The molecule has 4 N–H and O–H groups in total. The van der Waals surface area contributed by atoms with Crippen LogP contribution in [0.3, 0.4) is 0 Å². The Morgan fingerprint density at radius 2 is 1.46 bits per heavy atom. The maximum absolute atomic E-state index is 12.3. The molecule has 3 rings (SSSR count). The van der Waals surface area contributed by atoms with E-state index in [1.807, 2.05) is 42.5 Å². The number of hydrogen-bond acceptors (Lipinski definition) is 4. The highest BCUT2D eigenvalue weighted by Crippen LogP contribution is 2.24. The van der Waals surface area contributed by atoms with Crippen LogP contribution in [0.15, 0.2) is 78.9 Å². The first kappa shape index (κ1) is 19.0. The Labute approximate surface area is 163 Å². The maximum atomic E-state index is 12.3. The molecule has 6 nitrogen and oxygen atoms in total. The van der Waals surface area contributed by atoms with Gasteiger partial charge in [-0.3, -0.25) is 9.59 Å². The lowest BCUT2D eigenvalue weighted by Gasteiger charge is -2.14. The Bertz CT molecular complexity index is 958. The number of para-hydroxylation sites is 3. The predicted molar refractivity (Wildman–Crippen MR) is 109 cm³/mol. The van der Waals surface area contributed by atoms with Crippen molar-refractivity contribution < 1.29 is 14.3 Å². The molecule has 3 aromatic rings. The van der Waals surface area contributed by atoms with Gasteiger partial charge in [0.05, 0.1) is 17.8 Å². The van der Waals surface area contributed by atoms with Crippen LogP contribution < -0.4 is 21.1 Å². The molecule has 0 bridgehead atoms. The summed E-state index contributed by atoms with van der Waals surface area (Å²) in [6, 6.07) is 23.8. The zero-order valence-electron chi connectivity index (χ0n) is 15.2. The first-order valence-corrected chi connectivity index (χ1v) is 8.82. The number of anilines is 2. The van der Waals surface area contributed by atoms with Crippen molar-refractivity contribution in [2.45, 2.75) is 6.61 Å². The van der Waals surface area contributed by atoms with E-state index in [1.54, 1.807) is 36.4 Å². The number of nitrogens with two attached hydrogens (primary N) is 1. The quantitative estimate of drug-likeness (QED) is 0.562. The van der Waals surface area contributed by atoms with Gasteiger partial charge in [0.15, 0.2) is 0 Å². The van der Waals surface area contributed by atoms with Crippen LogP contribution in [0.1, 0.15) is 15.9 Å². The van der Waals surface area contributed by atoms with Crippen molar-refractivity contribution in [2.75, 3.05) is 17.2 Å². The Balaban J connectivity index is 1.61. The molecule has 3 aromatic carbocycles. The third kappa shape index (κ3) is 5.11. The zero-order valence-corrected chi connectivity index (χ0v) is 15.2. The number of benzene rings is 3. The second-order valence-corrected chi connectivity index (χ2v) is 6.08. The number of amides is 2. The fraction of sp³-hybridized carbons (Fsp3) is 0.0909. The summed E-state index contributed by atoms with van der Waals surface area (Å²) in [5, 5.41) is 5.76. The van der Waals surface area contributed by atoms with E-state index < -0.39 is 5.91 Å². The number of rotatable bonds is 8. The Hall–Kier alpha value is -3.80. The summed E-state index contributed by atoms with van der Waals surface area (Å²) in [6.07, 6.45) is 0. The summed E-state index contributed by atoms with van der Waals surface area (Å²) in [4.78, 5) is 23.8. The first-order valence-electron chi connectivity index (χ1n) is 8.82. The zero-order chi connectivity index (χ0) is 19.8. The van der Waals surface area contributed by atoms with Crippen LogP contribution in [-0.4, -0.2) is 18.4 Å². The van der Waals surface area contributed by atoms with E-state index in [-0.39, 0.29) is 12.5 Å². The van der Waals surface area contributed by atoms with Crippen molar-refractivity contribution in [2.24, 2.45) is 5.73 Å².